The molecule has 6 heteroatoms. The van der Waals surface area contributed by atoms with Gasteiger partial charge in [0.25, 0.3) is 0 Å². The van der Waals surface area contributed by atoms with E-state index in [1.165, 1.54) is 186 Å². The molecule has 0 saturated carbocycles. The van der Waals surface area contributed by atoms with Crippen molar-refractivity contribution in [2.24, 2.45) is 0 Å². The van der Waals surface area contributed by atoms with Crippen LogP contribution < -0.4 is 0 Å². The van der Waals surface area contributed by atoms with Crippen LogP contribution in [0.3, 0.4) is 0 Å². The summed E-state index contributed by atoms with van der Waals surface area (Å²) >= 11 is 0. The average molecular weight is 914 g/mol. The number of esters is 3. The van der Waals surface area contributed by atoms with Crippen LogP contribution in [-0.2, 0) is 28.6 Å². The van der Waals surface area contributed by atoms with Crippen molar-refractivity contribution in [1.29, 1.82) is 0 Å². The third kappa shape index (κ3) is 52.5. The summed E-state index contributed by atoms with van der Waals surface area (Å²) in [6.07, 6.45) is 64.1. The van der Waals surface area contributed by atoms with E-state index >= 15 is 0 Å². The monoisotopic (exact) mass is 913 g/mol. The highest BCUT2D eigenvalue weighted by Gasteiger charge is 2.19. The van der Waals surface area contributed by atoms with E-state index < -0.39 is 6.10 Å². The maximum Gasteiger partial charge on any atom is 0.306 e. The van der Waals surface area contributed by atoms with Crippen molar-refractivity contribution >= 4 is 17.9 Å². The predicted octanol–water partition coefficient (Wildman–Crippen LogP) is 18.9. The van der Waals surface area contributed by atoms with Crippen molar-refractivity contribution in [3.63, 3.8) is 0 Å². The van der Waals surface area contributed by atoms with Crippen LogP contribution in [0.5, 0.6) is 0 Å². The van der Waals surface area contributed by atoms with Gasteiger partial charge in [-0.3, -0.25) is 14.4 Å². The summed E-state index contributed by atoms with van der Waals surface area (Å²) in [5.74, 6) is -0.877. The van der Waals surface area contributed by atoms with E-state index in [-0.39, 0.29) is 31.1 Å². The molecule has 0 rings (SSSR count). The molecule has 0 aliphatic rings. The van der Waals surface area contributed by atoms with Gasteiger partial charge >= 0.3 is 17.9 Å². The van der Waals surface area contributed by atoms with E-state index in [1.54, 1.807) is 0 Å². The number of hydrogen-bond donors (Lipinski definition) is 0. The van der Waals surface area contributed by atoms with Gasteiger partial charge in [0.05, 0.1) is 0 Å². The molecule has 6 nitrogen and oxygen atoms in total. The lowest BCUT2D eigenvalue weighted by Gasteiger charge is -2.18. The van der Waals surface area contributed by atoms with Gasteiger partial charge in [0.15, 0.2) is 6.10 Å². The molecule has 0 radical (unpaired) electrons. The minimum absolute atomic E-state index is 0.0756. The highest BCUT2D eigenvalue weighted by Crippen LogP contribution is 2.16. The maximum absolute atomic E-state index is 12.8. The lowest BCUT2D eigenvalue weighted by Crippen LogP contribution is -2.30. The standard InChI is InChI=1S/C59H108O6/c1-4-7-10-13-16-19-22-25-28-30-32-34-37-40-43-46-49-52-58(61)64-55-56(54-63-57(60)51-48-45-42-39-36-33-27-24-21-18-15-12-9-6-3)65-59(62)53-50-47-44-41-38-35-31-29-26-23-20-17-14-11-8-5-2/h15,18,24-25,27-28,56H,4-14,16-17,19-23,26,29-55H2,1-3H3/b18-15-,27-24-,28-25-/t56-/m1/s1. The minimum Gasteiger partial charge on any atom is -0.462 e. The van der Waals surface area contributed by atoms with Gasteiger partial charge in [-0.2, -0.15) is 0 Å². The topological polar surface area (TPSA) is 78.9 Å². The predicted molar refractivity (Wildman–Crippen MR) is 279 cm³/mol. The van der Waals surface area contributed by atoms with Crippen LogP contribution in [0.15, 0.2) is 36.5 Å². The second-order valence-corrected chi connectivity index (χ2v) is 19.2. The average Bonchev–Trinajstić information content (AvgIpc) is 3.30. The minimum atomic E-state index is -0.776. The number of carbonyl (C=O) groups excluding carboxylic acids is 3. The van der Waals surface area contributed by atoms with Crippen molar-refractivity contribution in [3.05, 3.63) is 36.5 Å². The smallest absolute Gasteiger partial charge is 0.306 e. The van der Waals surface area contributed by atoms with E-state index in [9.17, 15) is 14.4 Å². The fraction of sp³-hybridized carbons (Fsp3) is 0.847. The van der Waals surface area contributed by atoms with Gasteiger partial charge in [-0.05, 0) is 70.6 Å². The van der Waals surface area contributed by atoms with Gasteiger partial charge in [0.2, 0.25) is 0 Å². The highest BCUT2D eigenvalue weighted by molar-refractivity contribution is 5.71. The van der Waals surface area contributed by atoms with E-state index in [0.717, 1.165) is 77.0 Å². The molecule has 0 aromatic carbocycles. The van der Waals surface area contributed by atoms with Crippen LogP contribution in [0.25, 0.3) is 0 Å². The number of ether oxygens (including phenoxy) is 3. The van der Waals surface area contributed by atoms with Crippen molar-refractivity contribution in [2.45, 2.75) is 309 Å². The van der Waals surface area contributed by atoms with Crippen LogP contribution in [0.2, 0.25) is 0 Å². The Balaban J connectivity index is 4.36. The molecule has 0 aliphatic heterocycles. The first-order valence-corrected chi connectivity index (χ1v) is 28.5. The summed E-state index contributed by atoms with van der Waals surface area (Å²) in [5.41, 5.74) is 0. The molecular weight excluding hydrogens is 805 g/mol. The molecule has 0 unspecified atom stereocenters. The largest absolute Gasteiger partial charge is 0.462 e. The second kappa shape index (κ2) is 54.2. The SMILES string of the molecule is CCCC/C=C\C/C=C\CCCCCCCC(=O)OC[C@H](COC(=O)CCCCCCCCC/C=C\CCCCCCCC)OC(=O)CCCCCCCCCCCCCCCCCC. The Morgan fingerprint density at radius 1 is 0.308 bits per heavy atom. The zero-order valence-corrected chi connectivity index (χ0v) is 43.5. The van der Waals surface area contributed by atoms with E-state index in [4.69, 9.17) is 14.2 Å². The van der Waals surface area contributed by atoms with Crippen molar-refractivity contribution in [3.8, 4) is 0 Å². The first kappa shape index (κ1) is 62.6. The summed E-state index contributed by atoms with van der Waals surface area (Å²) < 4.78 is 16.9. The summed E-state index contributed by atoms with van der Waals surface area (Å²) in [4.78, 5) is 38.1. The highest BCUT2D eigenvalue weighted by atomic mass is 16.6. The van der Waals surface area contributed by atoms with Gasteiger partial charge < -0.3 is 14.2 Å². The molecule has 65 heavy (non-hydrogen) atoms. The molecule has 0 aromatic rings. The van der Waals surface area contributed by atoms with Gasteiger partial charge in [0, 0.05) is 19.3 Å². The Hall–Kier alpha value is -2.37. The van der Waals surface area contributed by atoms with Gasteiger partial charge in [-0.15, -0.1) is 0 Å². The van der Waals surface area contributed by atoms with Crippen LogP contribution in [0.4, 0.5) is 0 Å². The second-order valence-electron chi connectivity index (χ2n) is 19.2. The Morgan fingerprint density at radius 2 is 0.569 bits per heavy atom. The fourth-order valence-corrected chi connectivity index (χ4v) is 8.28. The Morgan fingerprint density at radius 3 is 0.908 bits per heavy atom. The van der Waals surface area contributed by atoms with E-state index in [2.05, 4.69) is 57.2 Å². The molecule has 1 atom stereocenters. The molecule has 0 N–H and O–H groups in total. The normalized spacial score (nSPS) is 12.2. The lowest BCUT2D eigenvalue weighted by molar-refractivity contribution is -0.167. The Kier molecular flexibility index (Phi) is 52.3. The first-order valence-electron chi connectivity index (χ1n) is 28.5. The Bertz CT molecular complexity index is 1090. The summed E-state index contributed by atoms with van der Waals surface area (Å²) in [7, 11) is 0. The summed E-state index contributed by atoms with van der Waals surface area (Å²) in [5, 5.41) is 0. The number of hydrogen-bond acceptors (Lipinski definition) is 6. The van der Waals surface area contributed by atoms with Gasteiger partial charge in [0.1, 0.15) is 13.2 Å². The zero-order valence-electron chi connectivity index (χ0n) is 43.5. The summed E-state index contributed by atoms with van der Waals surface area (Å²) in [6.45, 7) is 6.62. The van der Waals surface area contributed by atoms with Crippen LogP contribution in [0.1, 0.15) is 303 Å². The van der Waals surface area contributed by atoms with Crippen LogP contribution >= 0.6 is 0 Å². The molecule has 0 spiro atoms. The third-order valence-corrected chi connectivity index (χ3v) is 12.6. The molecule has 0 aromatic heterocycles. The van der Waals surface area contributed by atoms with Gasteiger partial charge in [-0.25, -0.2) is 0 Å². The van der Waals surface area contributed by atoms with Crippen molar-refractivity contribution in [1.82, 2.24) is 0 Å². The number of rotatable bonds is 52. The Labute approximate surface area is 404 Å². The zero-order chi connectivity index (χ0) is 47.2. The molecule has 0 amide bonds. The molecule has 0 fully saturated rings. The molecular formula is C59H108O6. The molecule has 0 saturated heterocycles. The number of unbranched alkanes of at least 4 members (excludes halogenated alkanes) is 35. The first-order chi connectivity index (χ1) is 32.0. The molecule has 0 aliphatic carbocycles. The quantitative estimate of drug-likeness (QED) is 0.0262. The van der Waals surface area contributed by atoms with E-state index in [1.807, 2.05) is 0 Å². The van der Waals surface area contributed by atoms with Crippen LogP contribution in [0, 0.1) is 0 Å². The van der Waals surface area contributed by atoms with E-state index in [0.29, 0.717) is 19.3 Å². The number of carbonyl (C=O) groups is 3. The van der Waals surface area contributed by atoms with Crippen molar-refractivity contribution in [2.75, 3.05) is 13.2 Å². The fourth-order valence-electron chi connectivity index (χ4n) is 8.28. The summed E-state index contributed by atoms with van der Waals surface area (Å²) in [6, 6.07) is 0. The van der Waals surface area contributed by atoms with Gasteiger partial charge in [-0.1, -0.05) is 250 Å². The molecule has 380 valence electrons. The third-order valence-electron chi connectivity index (χ3n) is 12.6. The van der Waals surface area contributed by atoms with Crippen molar-refractivity contribution < 1.29 is 28.6 Å². The lowest BCUT2D eigenvalue weighted by atomic mass is 10.0. The molecule has 0 heterocycles. The maximum atomic E-state index is 12.8. The number of allylic oxidation sites excluding steroid dienone is 6. The molecule has 0 bridgehead atoms. The van der Waals surface area contributed by atoms with Crippen LogP contribution in [-0.4, -0.2) is 37.2 Å².